The number of aromatic carboxylic acids is 1. The van der Waals surface area contributed by atoms with Gasteiger partial charge in [-0.1, -0.05) is 17.7 Å². The number of nitrogens with one attached hydrogen (secondary N) is 1. The van der Waals surface area contributed by atoms with E-state index < -0.39 is 5.97 Å². The van der Waals surface area contributed by atoms with Crippen LogP contribution in [-0.2, 0) is 0 Å². The molecule has 22 heavy (non-hydrogen) atoms. The number of anilines is 1. The van der Waals surface area contributed by atoms with Crippen LogP contribution in [0.15, 0.2) is 24.3 Å². The van der Waals surface area contributed by atoms with Gasteiger partial charge in [0.2, 0.25) is 5.88 Å². The highest BCUT2D eigenvalue weighted by Crippen LogP contribution is 2.30. The smallest absolute Gasteiger partial charge is 0.341 e. The lowest BCUT2D eigenvalue weighted by Crippen LogP contribution is -2.05. The molecular formula is C14H14ClN3O4. The molecule has 0 radical (unpaired) electrons. The van der Waals surface area contributed by atoms with Crippen LogP contribution in [0.3, 0.4) is 0 Å². The lowest BCUT2D eigenvalue weighted by Gasteiger charge is -2.11. The van der Waals surface area contributed by atoms with Crippen LogP contribution in [0.1, 0.15) is 17.3 Å². The van der Waals surface area contributed by atoms with Crippen LogP contribution in [0.5, 0.6) is 17.6 Å². The van der Waals surface area contributed by atoms with Crippen LogP contribution in [0.4, 0.5) is 5.82 Å². The van der Waals surface area contributed by atoms with Gasteiger partial charge in [-0.05, 0) is 19.1 Å². The zero-order valence-corrected chi connectivity index (χ0v) is 12.7. The molecule has 0 amide bonds. The summed E-state index contributed by atoms with van der Waals surface area (Å²) in [5, 5.41) is 12.3. The Hall–Kier alpha value is -2.54. The molecular weight excluding hydrogens is 310 g/mol. The van der Waals surface area contributed by atoms with E-state index in [2.05, 4.69) is 15.3 Å². The largest absolute Gasteiger partial charge is 0.481 e. The molecule has 0 saturated heterocycles. The number of hydrogen-bond donors (Lipinski definition) is 2. The number of carboxylic acid groups (broad SMARTS) is 1. The molecule has 0 fully saturated rings. The summed E-state index contributed by atoms with van der Waals surface area (Å²) in [5.41, 5.74) is -0.152. The van der Waals surface area contributed by atoms with Crippen molar-refractivity contribution < 1.29 is 19.4 Å². The number of nitrogens with zero attached hydrogens (tertiary/aromatic N) is 2. The number of rotatable bonds is 6. The van der Waals surface area contributed by atoms with Gasteiger partial charge >= 0.3 is 12.0 Å². The van der Waals surface area contributed by atoms with Gasteiger partial charge in [-0.15, -0.1) is 0 Å². The first-order valence-electron chi connectivity index (χ1n) is 6.41. The fraction of sp³-hybridized carbons (Fsp3) is 0.214. The third-order valence-corrected chi connectivity index (χ3v) is 2.95. The van der Waals surface area contributed by atoms with E-state index in [1.54, 1.807) is 12.1 Å². The van der Waals surface area contributed by atoms with Gasteiger partial charge in [-0.3, -0.25) is 0 Å². The van der Waals surface area contributed by atoms with Crippen LogP contribution in [0, 0.1) is 0 Å². The van der Waals surface area contributed by atoms with Gasteiger partial charge in [0.15, 0.2) is 0 Å². The maximum atomic E-state index is 11.3. The molecule has 0 saturated carbocycles. The highest BCUT2D eigenvalue weighted by molar-refractivity contribution is 6.33. The van der Waals surface area contributed by atoms with Gasteiger partial charge in [0.1, 0.15) is 17.1 Å². The Morgan fingerprint density at radius 2 is 2.18 bits per heavy atom. The van der Waals surface area contributed by atoms with Crippen LogP contribution in [-0.4, -0.2) is 34.7 Å². The number of halogens is 1. The summed E-state index contributed by atoms with van der Waals surface area (Å²) in [5.74, 6) is -0.353. The van der Waals surface area contributed by atoms with Gasteiger partial charge < -0.3 is 19.9 Å². The van der Waals surface area contributed by atoms with Crippen molar-refractivity contribution in [3.8, 4) is 17.6 Å². The molecule has 1 aromatic carbocycles. The second kappa shape index (κ2) is 6.95. The van der Waals surface area contributed by atoms with Crippen molar-refractivity contribution in [2.75, 3.05) is 19.0 Å². The van der Waals surface area contributed by atoms with Crippen molar-refractivity contribution >= 4 is 23.4 Å². The molecule has 0 aliphatic rings. The maximum absolute atomic E-state index is 11.3. The molecule has 1 heterocycles. The van der Waals surface area contributed by atoms with Crippen molar-refractivity contribution in [3.63, 3.8) is 0 Å². The minimum atomic E-state index is -1.20. The molecule has 0 bridgehead atoms. The predicted molar refractivity (Wildman–Crippen MR) is 81.2 cm³/mol. The fourth-order valence-electron chi connectivity index (χ4n) is 1.72. The van der Waals surface area contributed by atoms with Crippen LogP contribution in [0.25, 0.3) is 0 Å². The minimum absolute atomic E-state index is 0.0416. The van der Waals surface area contributed by atoms with E-state index in [1.165, 1.54) is 19.2 Å². The van der Waals surface area contributed by atoms with Crippen LogP contribution >= 0.6 is 11.6 Å². The average Bonchev–Trinajstić information content (AvgIpc) is 2.47. The third-order valence-electron chi connectivity index (χ3n) is 2.64. The van der Waals surface area contributed by atoms with Gasteiger partial charge in [0.25, 0.3) is 0 Å². The molecule has 2 rings (SSSR count). The number of ether oxygens (including phenoxy) is 2. The quantitative estimate of drug-likeness (QED) is 0.843. The molecule has 0 unspecified atom stereocenters. The second-order valence-electron chi connectivity index (χ2n) is 4.13. The van der Waals surface area contributed by atoms with Crippen molar-refractivity contribution in [3.05, 3.63) is 34.9 Å². The SMILES string of the molecule is CCNc1cc(OC)nc(Oc2cccc(Cl)c2C(=O)O)n1. The number of carboxylic acids is 1. The van der Waals surface area contributed by atoms with Gasteiger partial charge in [0, 0.05) is 12.6 Å². The van der Waals surface area contributed by atoms with E-state index >= 15 is 0 Å². The Kier molecular flexibility index (Phi) is 5.00. The highest BCUT2D eigenvalue weighted by atomic mass is 35.5. The molecule has 2 aromatic rings. The summed E-state index contributed by atoms with van der Waals surface area (Å²) >= 11 is 5.89. The Morgan fingerprint density at radius 1 is 1.41 bits per heavy atom. The molecule has 7 nitrogen and oxygen atoms in total. The van der Waals surface area contributed by atoms with Crippen molar-refractivity contribution in [1.82, 2.24) is 9.97 Å². The summed E-state index contributed by atoms with van der Waals surface area (Å²) in [7, 11) is 1.46. The van der Waals surface area contributed by atoms with E-state index in [-0.39, 0.29) is 22.3 Å². The minimum Gasteiger partial charge on any atom is -0.481 e. The Balaban J connectivity index is 2.40. The lowest BCUT2D eigenvalue weighted by atomic mass is 10.2. The summed E-state index contributed by atoms with van der Waals surface area (Å²) in [6.45, 7) is 2.56. The molecule has 1 aromatic heterocycles. The zero-order valence-electron chi connectivity index (χ0n) is 12.0. The number of carbonyl (C=O) groups is 1. The molecule has 0 atom stereocenters. The first-order chi connectivity index (χ1) is 10.5. The standard InChI is InChI=1S/C14H14ClN3O4/c1-3-16-10-7-11(21-2)18-14(17-10)22-9-6-4-5-8(15)12(9)13(19)20/h4-7H,3H2,1-2H3,(H,19,20)(H,16,17,18). The summed E-state index contributed by atoms with van der Waals surface area (Å²) in [6, 6.07) is 6.08. The maximum Gasteiger partial charge on any atom is 0.341 e. The lowest BCUT2D eigenvalue weighted by molar-refractivity contribution is 0.0694. The van der Waals surface area contributed by atoms with E-state index in [4.69, 9.17) is 21.1 Å². The van der Waals surface area contributed by atoms with Crippen LogP contribution < -0.4 is 14.8 Å². The van der Waals surface area contributed by atoms with Gasteiger partial charge in [-0.2, -0.15) is 9.97 Å². The average molecular weight is 324 g/mol. The highest BCUT2D eigenvalue weighted by Gasteiger charge is 2.17. The number of methoxy groups -OCH3 is 1. The number of aromatic nitrogens is 2. The summed E-state index contributed by atoms with van der Waals surface area (Å²) in [4.78, 5) is 19.4. The van der Waals surface area contributed by atoms with Crippen LogP contribution in [0.2, 0.25) is 5.02 Å². The zero-order chi connectivity index (χ0) is 16.1. The van der Waals surface area contributed by atoms with Crippen molar-refractivity contribution in [2.45, 2.75) is 6.92 Å². The predicted octanol–water partition coefficient (Wildman–Crippen LogP) is 3.06. The monoisotopic (exact) mass is 323 g/mol. The fourth-order valence-corrected chi connectivity index (χ4v) is 1.97. The molecule has 0 aliphatic heterocycles. The van der Waals surface area contributed by atoms with Gasteiger partial charge in [-0.25, -0.2) is 4.79 Å². The Labute approximate surface area is 131 Å². The van der Waals surface area contributed by atoms with Crippen molar-refractivity contribution in [2.24, 2.45) is 0 Å². The number of hydrogen-bond acceptors (Lipinski definition) is 6. The Bertz CT molecular complexity index is 694. The molecule has 0 aliphatic carbocycles. The van der Waals surface area contributed by atoms with Gasteiger partial charge in [0.05, 0.1) is 12.1 Å². The van der Waals surface area contributed by atoms with E-state index in [0.717, 1.165) is 0 Å². The van der Waals surface area contributed by atoms with Crippen molar-refractivity contribution in [1.29, 1.82) is 0 Å². The third kappa shape index (κ3) is 3.56. The first kappa shape index (κ1) is 15.8. The first-order valence-corrected chi connectivity index (χ1v) is 6.79. The second-order valence-corrected chi connectivity index (χ2v) is 4.54. The van der Waals surface area contributed by atoms with E-state index in [0.29, 0.717) is 18.2 Å². The summed E-state index contributed by atoms with van der Waals surface area (Å²) < 4.78 is 10.5. The molecule has 2 N–H and O–H groups in total. The normalized spacial score (nSPS) is 10.1. The molecule has 116 valence electrons. The molecule has 0 spiro atoms. The Morgan fingerprint density at radius 3 is 2.82 bits per heavy atom. The molecule has 8 heteroatoms. The topological polar surface area (TPSA) is 93.6 Å². The van der Waals surface area contributed by atoms with E-state index in [9.17, 15) is 9.90 Å². The summed E-state index contributed by atoms with van der Waals surface area (Å²) in [6.07, 6.45) is 0. The number of benzene rings is 1. The van der Waals surface area contributed by atoms with E-state index in [1.807, 2.05) is 6.92 Å².